The smallest absolute Gasteiger partial charge is 0.289 e. The molecule has 0 aliphatic carbocycles. The van der Waals surface area contributed by atoms with Gasteiger partial charge in [0.05, 0.1) is 0 Å². The molecule has 0 aromatic carbocycles. The number of hydrogen-bond acceptors (Lipinski definition) is 0. The van der Waals surface area contributed by atoms with Gasteiger partial charge in [0.25, 0.3) is 0 Å². The van der Waals surface area contributed by atoms with E-state index in [1.165, 1.54) is 0 Å². The van der Waals surface area contributed by atoms with Gasteiger partial charge in [-0.3, -0.25) is 17.3 Å². The summed E-state index contributed by atoms with van der Waals surface area (Å²) in [5, 5.41) is 0. The zero-order valence-corrected chi connectivity index (χ0v) is 3.97. The Labute approximate surface area is 50.3 Å². The van der Waals surface area contributed by atoms with Crippen LogP contribution in [0.1, 0.15) is 0 Å². The van der Waals surface area contributed by atoms with E-state index in [1.807, 2.05) is 0 Å². The Bertz CT molecular complexity index is 11.7. The van der Waals surface area contributed by atoms with E-state index in [4.69, 9.17) is 0 Å². The van der Waals surface area contributed by atoms with E-state index in [0.29, 0.717) is 0 Å². The Morgan fingerprint density at radius 2 is 0.714 bits per heavy atom. The Morgan fingerprint density at radius 1 is 0.714 bits per heavy atom. The zero-order chi connectivity index (χ0) is 5.41. The fourth-order valence-corrected chi connectivity index (χ4v) is 0. The first-order valence-electron chi connectivity index (χ1n) is 0.873. The van der Waals surface area contributed by atoms with Crippen molar-refractivity contribution in [3.05, 3.63) is 0 Å². The molecule has 0 amide bonds. The monoisotopic (exact) mass is 156 g/mol. The van der Waals surface area contributed by atoms with Crippen molar-refractivity contribution in [2.24, 2.45) is 0 Å². The second-order valence-electron chi connectivity index (χ2n) is 0.165. The minimum absolute atomic E-state index is 0. The van der Waals surface area contributed by atoms with E-state index in [2.05, 4.69) is 0 Å². The standard InChI is InChI=1S/2BF2.Ni/c2*2-1-3;. The van der Waals surface area contributed by atoms with Crippen LogP contribution >= 0.6 is 0 Å². The van der Waals surface area contributed by atoms with Crippen LogP contribution < -0.4 is 0 Å². The van der Waals surface area contributed by atoms with Crippen LogP contribution in [-0.4, -0.2) is 15.7 Å². The van der Waals surface area contributed by atoms with Gasteiger partial charge in [-0.2, -0.15) is 0 Å². The van der Waals surface area contributed by atoms with E-state index >= 15 is 0 Å². The topological polar surface area (TPSA) is 0 Å². The van der Waals surface area contributed by atoms with Gasteiger partial charge in [0.2, 0.25) is 0 Å². The van der Waals surface area contributed by atoms with Gasteiger partial charge >= 0.3 is 15.7 Å². The molecule has 0 saturated carbocycles. The third kappa shape index (κ3) is 1010. The van der Waals surface area contributed by atoms with E-state index in [1.54, 1.807) is 0 Å². The van der Waals surface area contributed by atoms with Crippen molar-refractivity contribution in [3.63, 3.8) is 0 Å². The molecule has 0 spiro atoms. The number of hydrogen-bond donors (Lipinski definition) is 0. The second-order valence-corrected chi connectivity index (χ2v) is 0.165. The molecule has 0 atom stereocenters. The summed E-state index contributed by atoms with van der Waals surface area (Å²) in [7, 11) is -2.00. The largest absolute Gasteiger partial charge is 0.577 e. The van der Waals surface area contributed by atoms with Crippen LogP contribution in [0.15, 0.2) is 0 Å². The van der Waals surface area contributed by atoms with Gasteiger partial charge in [-0.1, -0.05) is 0 Å². The third-order valence-corrected chi connectivity index (χ3v) is 0. The van der Waals surface area contributed by atoms with Crippen molar-refractivity contribution < 1.29 is 33.8 Å². The molecular weight excluding hydrogens is 156 g/mol. The molecule has 0 aromatic heterocycles. The molecule has 44 valence electrons. The van der Waals surface area contributed by atoms with Crippen molar-refractivity contribution in [1.82, 2.24) is 0 Å². The van der Waals surface area contributed by atoms with Crippen molar-refractivity contribution in [3.8, 4) is 0 Å². The molecule has 0 aromatic rings. The summed E-state index contributed by atoms with van der Waals surface area (Å²) in [6, 6.07) is 0. The van der Waals surface area contributed by atoms with Crippen molar-refractivity contribution in [2.45, 2.75) is 0 Å². The Morgan fingerprint density at radius 3 is 0.714 bits per heavy atom. The average Bonchev–Trinajstić information content (AvgIpc) is 1.39. The van der Waals surface area contributed by atoms with Crippen molar-refractivity contribution >= 4 is 15.7 Å². The maximum Gasteiger partial charge on any atom is 0.577 e. The summed E-state index contributed by atoms with van der Waals surface area (Å²) in [5.41, 5.74) is 0. The number of halogens is 4. The van der Waals surface area contributed by atoms with E-state index in [0.717, 1.165) is 0 Å². The Kier molecular flexibility index (Phi) is 73.8. The molecule has 0 nitrogen and oxygen atoms in total. The first-order chi connectivity index (χ1) is 2.83. The molecule has 7 heavy (non-hydrogen) atoms. The predicted molar refractivity (Wildman–Crippen MR) is 15.9 cm³/mol. The van der Waals surface area contributed by atoms with Crippen LogP contribution in [-0.2, 0) is 16.5 Å². The molecule has 0 saturated heterocycles. The molecule has 0 N–H and O–H groups in total. The normalized spacial score (nSPS) is 4.00. The molecule has 0 heterocycles. The summed E-state index contributed by atoms with van der Waals surface area (Å²) in [6.07, 6.45) is 0. The fourth-order valence-electron chi connectivity index (χ4n) is 0. The maximum absolute atomic E-state index is 9.50. The summed E-state index contributed by atoms with van der Waals surface area (Å²) in [6.45, 7) is 0. The summed E-state index contributed by atoms with van der Waals surface area (Å²) >= 11 is 0. The van der Waals surface area contributed by atoms with Gasteiger partial charge in [0.1, 0.15) is 0 Å². The van der Waals surface area contributed by atoms with Gasteiger partial charge in [-0.15, -0.1) is 0 Å². The molecule has 0 rings (SSSR count). The van der Waals surface area contributed by atoms with Crippen LogP contribution in [0, 0.1) is 0 Å². The number of rotatable bonds is 0. The second kappa shape index (κ2) is 33.0. The van der Waals surface area contributed by atoms with E-state index < -0.39 is 15.7 Å². The Hall–Kier alpha value is 0.343. The van der Waals surface area contributed by atoms with Gasteiger partial charge in [0, 0.05) is 16.5 Å². The van der Waals surface area contributed by atoms with Crippen LogP contribution in [0.2, 0.25) is 0 Å². The average molecular weight is 156 g/mol. The molecule has 0 fully saturated rings. The van der Waals surface area contributed by atoms with Gasteiger partial charge in [0.15, 0.2) is 0 Å². The van der Waals surface area contributed by atoms with Gasteiger partial charge in [-0.05, 0) is 0 Å². The molecule has 2 radical (unpaired) electrons. The van der Waals surface area contributed by atoms with Crippen LogP contribution in [0.3, 0.4) is 0 Å². The van der Waals surface area contributed by atoms with Crippen molar-refractivity contribution in [2.75, 3.05) is 0 Å². The molecule has 7 heteroatoms. The quantitative estimate of drug-likeness (QED) is 0.361. The molecular formula is B2F4Ni. The predicted octanol–water partition coefficient (Wildman–Crippen LogP) is 0.917. The fraction of sp³-hybridized carbons (Fsp3) is 0. The Balaban J connectivity index is -0.0000000400. The van der Waals surface area contributed by atoms with Crippen LogP contribution in [0.25, 0.3) is 0 Å². The van der Waals surface area contributed by atoms with Crippen LogP contribution in [0.4, 0.5) is 17.3 Å². The summed E-state index contributed by atoms with van der Waals surface area (Å²) < 4.78 is 38.0. The van der Waals surface area contributed by atoms with Gasteiger partial charge < -0.3 is 0 Å². The SMILES string of the molecule is F[B]F.F[B]F.[Ni]. The van der Waals surface area contributed by atoms with Crippen LogP contribution in [0.5, 0.6) is 0 Å². The maximum atomic E-state index is 9.50. The first kappa shape index (κ1) is 15.7. The molecule has 0 unspecified atom stereocenters. The zero-order valence-electron chi connectivity index (χ0n) is 2.98. The third-order valence-electron chi connectivity index (χ3n) is 0. The first-order valence-corrected chi connectivity index (χ1v) is 0.873. The molecule has 0 aliphatic rings. The van der Waals surface area contributed by atoms with E-state index in [9.17, 15) is 17.3 Å². The molecule has 0 aliphatic heterocycles. The van der Waals surface area contributed by atoms with E-state index in [-0.39, 0.29) is 16.5 Å². The summed E-state index contributed by atoms with van der Waals surface area (Å²) in [4.78, 5) is 0. The summed E-state index contributed by atoms with van der Waals surface area (Å²) in [5.74, 6) is 0. The molecule has 0 bridgehead atoms. The minimum Gasteiger partial charge on any atom is -0.289 e. The van der Waals surface area contributed by atoms with Gasteiger partial charge in [-0.25, -0.2) is 0 Å². The van der Waals surface area contributed by atoms with Crippen molar-refractivity contribution in [1.29, 1.82) is 0 Å². The minimum atomic E-state index is -1.00.